The average Bonchev–Trinajstić information content (AvgIpc) is 3.11. The van der Waals surface area contributed by atoms with Crippen molar-refractivity contribution < 1.29 is 4.79 Å². The number of carbonyl (C=O) groups excluding carboxylic acids is 1. The van der Waals surface area contributed by atoms with Crippen molar-refractivity contribution in [3.05, 3.63) is 41.9 Å². The Labute approximate surface area is 146 Å². The number of H-pyrrole nitrogens is 1. The zero-order valence-corrected chi connectivity index (χ0v) is 14.4. The van der Waals surface area contributed by atoms with Gasteiger partial charge in [-0.2, -0.15) is 5.21 Å². The predicted octanol–water partition coefficient (Wildman–Crippen LogP) is 2.66. The molecular weight excluding hydrogens is 316 g/mol. The third-order valence-corrected chi connectivity index (χ3v) is 4.52. The summed E-state index contributed by atoms with van der Waals surface area (Å²) in [5, 5.41) is 15.4. The molecule has 0 unspecified atom stereocenters. The number of fused-ring (bicyclic) bond motifs is 1. The highest BCUT2D eigenvalue weighted by Gasteiger charge is 2.29. The molecule has 3 N–H and O–H groups in total. The third kappa shape index (κ3) is 3.81. The van der Waals surface area contributed by atoms with Gasteiger partial charge in [-0.3, -0.25) is 9.78 Å². The van der Waals surface area contributed by atoms with Crippen LogP contribution in [0.15, 0.2) is 30.5 Å². The Bertz CT molecular complexity index is 861. The molecule has 0 saturated heterocycles. The number of carbonyl (C=O) groups is 1. The van der Waals surface area contributed by atoms with Gasteiger partial charge in [-0.15, -0.1) is 10.2 Å². The van der Waals surface area contributed by atoms with Crippen molar-refractivity contribution in [2.24, 2.45) is 5.92 Å². The van der Waals surface area contributed by atoms with Gasteiger partial charge in [-0.05, 0) is 43.5 Å². The van der Waals surface area contributed by atoms with Gasteiger partial charge < -0.3 is 5.73 Å². The summed E-state index contributed by atoms with van der Waals surface area (Å²) in [5.74, 6) is 0.503. The first-order chi connectivity index (χ1) is 12.1. The van der Waals surface area contributed by atoms with Crippen LogP contribution in [0.2, 0.25) is 0 Å². The van der Waals surface area contributed by atoms with Crippen molar-refractivity contribution in [1.82, 2.24) is 25.6 Å². The van der Waals surface area contributed by atoms with E-state index in [9.17, 15) is 4.79 Å². The summed E-state index contributed by atoms with van der Waals surface area (Å²) in [7, 11) is 0. The van der Waals surface area contributed by atoms with Crippen LogP contribution in [0, 0.1) is 5.92 Å². The maximum Gasteiger partial charge on any atom is 0.178 e. The summed E-state index contributed by atoms with van der Waals surface area (Å²) in [5.41, 5.74) is 8.46. The number of aromatic nitrogens is 5. The molecule has 0 aliphatic carbocycles. The van der Waals surface area contributed by atoms with E-state index in [1.54, 1.807) is 13.1 Å². The second-order valence-corrected chi connectivity index (χ2v) is 6.38. The lowest BCUT2D eigenvalue weighted by Gasteiger charge is -2.22. The largest absolute Gasteiger partial charge is 0.397 e. The van der Waals surface area contributed by atoms with Gasteiger partial charge in [-0.1, -0.05) is 24.6 Å². The van der Waals surface area contributed by atoms with Crippen molar-refractivity contribution in [2.75, 3.05) is 5.73 Å². The van der Waals surface area contributed by atoms with Crippen LogP contribution in [-0.4, -0.2) is 31.4 Å². The summed E-state index contributed by atoms with van der Waals surface area (Å²) < 4.78 is 0. The molecule has 0 radical (unpaired) electrons. The molecule has 2 heterocycles. The zero-order valence-electron chi connectivity index (χ0n) is 14.4. The van der Waals surface area contributed by atoms with Gasteiger partial charge in [0.1, 0.15) is 5.78 Å². The monoisotopic (exact) mass is 338 g/mol. The Balaban J connectivity index is 1.95. The number of benzene rings is 1. The highest BCUT2D eigenvalue weighted by atomic mass is 16.1. The fourth-order valence-corrected chi connectivity index (χ4v) is 3.32. The number of aromatic amines is 1. The fourth-order valence-electron chi connectivity index (χ4n) is 3.32. The molecule has 25 heavy (non-hydrogen) atoms. The number of tetrazole rings is 1. The van der Waals surface area contributed by atoms with Crippen molar-refractivity contribution in [3.63, 3.8) is 0 Å². The summed E-state index contributed by atoms with van der Waals surface area (Å²) in [4.78, 5) is 16.5. The van der Waals surface area contributed by atoms with E-state index in [4.69, 9.17) is 5.73 Å². The van der Waals surface area contributed by atoms with Gasteiger partial charge >= 0.3 is 0 Å². The van der Waals surface area contributed by atoms with Crippen LogP contribution in [0.4, 0.5) is 5.69 Å². The van der Waals surface area contributed by atoms with Crippen LogP contribution in [0.5, 0.6) is 0 Å². The van der Waals surface area contributed by atoms with E-state index in [2.05, 4.69) is 38.6 Å². The van der Waals surface area contributed by atoms with Crippen molar-refractivity contribution in [3.8, 4) is 0 Å². The molecule has 0 aliphatic heterocycles. The number of pyridine rings is 1. The maximum absolute atomic E-state index is 12.2. The number of hydrogen-bond acceptors (Lipinski definition) is 6. The lowest BCUT2D eigenvalue weighted by Crippen LogP contribution is -2.23. The lowest BCUT2D eigenvalue weighted by molar-refractivity contribution is -0.121. The highest BCUT2D eigenvalue weighted by molar-refractivity contribution is 5.82. The first kappa shape index (κ1) is 17.0. The van der Waals surface area contributed by atoms with Gasteiger partial charge in [0.25, 0.3) is 0 Å². The molecule has 0 aliphatic rings. The van der Waals surface area contributed by atoms with E-state index < -0.39 is 0 Å². The first-order valence-electron chi connectivity index (χ1n) is 8.46. The van der Waals surface area contributed by atoms with E-state index in [0.29, 0.717) is 17.9 Å². The molecule has 0 bridgehead atoms. The Morgan fingerprint density at radius 2 is 2.16 bits per heavy atom. The summed E-state index contributed by atoms with van der Waals surface area (Å²) in [6, 6.07) is 7.97. The Hall–Kier alpha value is -2.83. The van der Waals surface area contributed by atoms with Crippen molar-refractivity contribution >= 4 is 22.4 Å². The number of Topliss-reactive ketones (excluding diaryl/α,β-unsaturated/α-hetero) is 1. The van der Waals surface area contributed by atoms with Crippen molar-refractivity contribution in [2.45, 2.75) is 39.0 Å². The number of nitrogens with zero attached hydrogens (tertiary/aromatic N) is 4. The molecule has 130 valence electrons. The maximum atomic E-state index is 12.2. The molecule has 0 saturated carbocycles. The minimum Gasteiger partial charge on any atom is -0.397 e. The number of anilines is 1. The number of nitrogens with two attached hydrogens (primary N) is 1. The van der Waals surface area contributed by atoms with Gasteiger partial charge in [-0.25, -0.2) is 0 Å². The van der Waals surface area contributed by atoms with Crippen LogP contribution in [0.3, 0.4) is 0 Å². The molecule has 2 atom stereocenters. The van der Waals surface area contributed by atoms with E-state index >= 15 is 0 Å². The second-order valence-electron chi connectivity index (χ2n) is 6.38. The fraction of sp³-hybridized carbons (Fsp3) is 0.389. The van der Waals surface area contributed by atoms with Crippen LogP contribution >= 0.6 is 0 Å². The third-order valence-electron chi connectivity index (χ3n) is 4.52. The standard InChI is InChI=1S/C18H22N6O/c1-3-4-15(11(2)25)16(18-21-23-24-22-18)8-12-5-6-17-13(7-12)9-14(19)10-20-17/h5-7,9-10,15-16H,3-4,8,19H2,1-2H3,(H,21,22,23,24)/t15-,16+/m1/s1. The van der Waals surface area contributed by atoms with Gasteiger partial charge in [0.15, 0.2) is 5.82 Å². The van der Waals surface area contributed by atoms with Crippen LogP contribution in [0.1, 0.15) is 44.0 Å². The summed E-state index contributed by atoms with van der Waals surface area (Å²) in [6.07, 6.45) is 4.04. The molecule has 3 aromatic rings. The topological polar surface area (TPSA) is 110 Å². The van der Waals surface area contributed by atoms with Crippen LogP contribution < -0.4 is 5.73 Å². The molecule has 1 aromatic carbocycles. The predicted molar refractivity (Wildman–Crippen MR) is 95.9 cm³/mol. The molecule has 7 heteroatoms. The number of ketones is 1. The number of rotatable bonds is 7. The molecule has 0 amide bonds. The molecule has 7 nitrogen and oxygen atoms in total. The zero-order chi connectivity index (χ0) is 17.8. The Morgan fingerprint density at radius 3 is 2.84 bits per heavy atom. The molecular formula is C18H22N6O. The minimum atomic E-state index is -0.128. The van der Waals surface area contributed by atoms with E-state index in [-0.39, 0.29) is 17.6 Å². The smallest absolute Gasteiger partial charge is 0.178 e. The molecule has 0 spiro atoms. The van der Waals surface area contributed by atoms with Gasteiger partial charge in [0.05, 0.1) is 17.4 Å². The van der Waals surface area contributed by atoms with Crippen molar-refractivity contribution in [1.29, 1.82) is 0 Å². The number of nitrogen functional groups attached to an aromatic ring is 1. The number of hydrogen-bond donors (Lipinski definition) is 2. The highest BCUT2D eigenvalue weighted by Crippen LogP contribution is 2.31. The number of nitrogens with one attached hydrogen (secondary N) is 1. The van der Waals surface area contributed by atoms with E-state index in [0.717, 1.165) is 29.3 Å². The summed E-state index contributed by atoms with van der Waals surface area (Å²) in [6.45, 7) is 3.71. The van der Waals surface area contributed by atoms with Gasteiger partial charge in [0, 0.05) is 17.2 Å². The molecule has 0 fully saturated rings. The van der Waals surface area contributed by atoms with E-state index in [1.165, 1.54) is 0 Å². The first-order valence-corrected chi connectivity index (χ1v) is 8.46. The average molecular weight is 338 g/mol. The Kier molecular flexibility index (Phi) is 5.02. The Morgan fingerprint density at radius 1 is 1.32 bits per heavy atom. The van der Waals surface area contributed by atoms with E-state index in [1.807, 2.05) is 18.2 Å². The lowest BCUT2D eigenvalue weighted by atomic mass is 9.81. The van der Waals surface area contributed by atoms with Crippen LogP contribution in [0.25, 0.3) is 10.9 Å². The normalized spacial score (nSPS) is 13.7. The van der Waals surface area contributed by atoms with Gasteiger partial charge in [0.2, 0.25) is 0 Å². The second kappa shape index (κ2) is 7.38. The SMILES string of the molecule is CCC[C@H](C(C)=O)[C@H](Cc1ccc2ncc(N)cc2c1)c1nn[nH]n1. The molecule has 3 rings (SSSR count). The minimum absolute atomic E-state index is 0.109. The summed E-state index contributed by atoms with van der Waals surface area (Å²) >= 11 is 0. The van der Waals surface area contributed by atoms with Crippen LogP contribution in [-0.2, 0) is 11.2 Å². The molecule has 2 aromatic heterocycles. The quantitative estimate of drug-likeness (QED) is 0.685.